The van der Waals surface area contributed by atoms with Crippen LogP contribution >= 0.6 is 0 Å². The first-order valence-corrected chi connectivity index (χ1v) is 11.4. The van der Waals surface area contributed by atoms with Gasteiger partial charge in [0.15, 0.2) is 5.03 Å². The quantitative estimate of drug-likeness (QED) is 0.675. The third-order valence-corrected chi connectivity index (χ3v) is 6.90. The van der Waals surface area contributed by atoms with E-state index >= 15 is 0 Å². The fourth-order valence-corrected chi connectivity index (χ4v) is 5.18. The van der Waals surface area contributed by atoms with Crippen LogP contribution in [0.3, 0.4) is 0 Å². The number of carbonyl (C=O) groups is 2. The second-order valence-electron chi connectivity index (χ2n) is 7.98. The van der Waals surface area contributed by atoms with Crippen molar-refractivity contribution in [1.29, 1.82) is 0 Å². The third-order valence-electron chi connectivity index (χ3n) is 5.70. The number of nitrogens with one attached hydrogen (secondary N) is 2. The number of benzene rings is 1. The molecule has 3 amide bonds. The van der Waals surface area contributed by atoms with Gasteiger partial charge in [-0.05, 0) is 60.8 Å². The number of carbonyl (C=O) groups excluding carboxylic acids is 2. The van der Waals surface area contributed by atoms with E-state index in [0.29, 0.717) is 0 Å². The summed E-state index contributed by atoms with van der Waals surface area (Å²) in [6.45, 7) is 0. The number of hydrogen-bond donors (Lipinski definition) is 2. The molecule has 2 N–H and O–H groups in total. The zero-order valence-electron chi connectivity index (χ0n) is 18.3. The number of aromatic nitrogens is 2. The summed E-state index contributed by atoms with van der Waals surface area (Å²) < 4.78 is 28.6. The van der Waals surface area contributed by atoms with Gasteiger partial charge in [-0.3, -0.25) is 9.48 Å². The van der Waals surface area contributed by atoms with Crippen LogP contribution in [-0.4, -0.2) is 78.7 Å². The van der Waals surface area contributed by atoms with E-state index < -0.39 is 16.1 Å². The fraction of sp³-hybridized carbons (Fsp3) is 0.450. The van der Waals surface area contributed by atoms with E-state index in [4.69, 9.17) is 0 Å². The maximum absolute atomic E-state index is 12.7. The molecule has 0 fully saturated rings. The number of aryl methyl sites for hydroxylation is 3. The average Bonchev–Trinajstić information content (AvgIpc) is 3.39. The molecule has 0 unspecified atom stereocenters. The summed E-state index contributed by atoms with van der Waals surface area (Å²) in [5, 5.41) is 6.31. The molecule has 11 heteroatoms. The molecule has 2 aliphatic rings. The van der Waals surface area contributed by atoms with Gasteiger partial charge >= 0.3 is 6.03 Å². The van der Waals surface area contributed by atoms with Gasteiger partial charge in [0.25, 0.3) is 15.9 Å². The van der Waals surface area contributed by atoms with Crippen LogP contribution in [0.1, 0.15) is 45.6 Å². The number of rotatable bonds is 4. The van der Waals surface area contributed by atoms with Crippen molar-refractivity contribution in [2.75, 3.05) is 19.4 Å². The molecule has 0 spiro atoms. The number of sulfonamides is 1. The van der Waals surface area contributed by atoms with E-state index in [1.54, 1.807) is 14.1 Å². The minimum absolute atomic E-state index is 0. The predicted molar refractivity (Wildman–Crippen MR) is 117 cm³/mol. The summed E-state index contributed by atoms with van der Waals surface area (Å²) in [6.07, 6.45) is 5.77. The summed E-state index contributed by atoms with van der Waals surface area (Å²) in [7, 11) is 0.368. The van der Waals surface area contributed by atoms with Crippen molar-refractivity contribution in [2.45, 2.75) is 43.6 Å². The molecule has 1 aromatic carbocycles. The van der Waals surface area contributed by atoms with Gasteiger partial charge in [0.2, 0.25) is 0 Å². The Morgan fingerprint density at radius 2 is 1.61 bits per heavy atom. The largest absolute Gasteiger partial charge is 0.343 e. The molecule has 0 saturated heterocycles. The van der Waals surface area contributed by atoms with Crippen molar-refractivity contribution in [3.05, 3.63) is 40.1 Å². The van der Waals surface area contributed by atoms with Crippen LogP contribution in [0.15, 0.2) is 17.2 Å². The Hall–Kier alpha value is -1.88. The number of anilines is 1. The van der Waals surface area contributed by atoms with Crippen LogP contribution in [-0.2, 0) is 42.8 Å². The average molecular weight is 455 g/mol. The van der Waals surface area contributed by atoms with Crippen molar-refractivity contribution >= 4 is 57.2 Å². The van der Waals surface area contributed by atoms with Crippen LogP contribution in [0, 0.1) is 0 Å². The molecule has 2 aliphatic carbocycles. The van der Waals surface area contributed by atoms with Crippen LogP contribution in [0.25, 0.3) is 0 Å². The van der Waals surface area contributed by atoms with Gasteiger partial charge < -0.3 is 10.2 Å². The monoisotopic (exact) mass is 454 g/mol. The second-order valence-corrected chi connectivity index (χ2v) is 9.61. The topological polar surface area (TPSA) is 113 Å². The summed E-state index contributed by atoms with van der Waals surface area (Å²) >= 11 is 0. The zero-order valence-corrected chi connectivity index (χ0v) is 21.1. The summed E-state index contributed by atoms with van der Waals surface area (Å²) in [5.41, 5.74) is 5.57. The van der Waals surface area contributed by atoms with E-state index in [0.717, 1.165) is 61.4 Å². The van der Waals surface area contributed by atoms with E-state index in [1.807, 2.05) is 4.72 Å². The number of nitrogens with zero attached hydrogens (tertiary/aromatic N) is 3. The Kier molecular flexibility index (Phi) is 6.85. The molecule has 0 saturated carbocycles. The number of fused-ring (bicyclic) bond motifs is 2. The second kappa shape index (κ2) is 8.93. The van der Waals surface area contributed by atoms with Crippen molar-refractivity contribution in [2.24, 2.45) is 7.05 Å². The molecule has 0 atom stereocenters. The minimum Gasteiger partial charge on any atom is -0.343 e. The summed E-state index contributed by atoms with van der Waals surface area (Å²) in [4.78, 5) is 26.1. The van der Waals surface area contributed by atoms with Gasteiger partial charge in [-0.2, -0.15) is 13.5 Å². The Morgan fingerprint density at radius 3 is 2.16 bits per heavy atom. The molecule has 0 bridgehead atoms. The fourth-order valence-electron chi connectivity index (χ4n) is 4.28. The Labute approximate surface area is 203 Å². The third kappa shape index (κ3) is 4.52. The number of hydrogen-bond acceptors (Lipinski definition) is 5. The molecule has 161 valence electrons. The van der Waals surface area contributed by atoms with E-state index in [-0.39, 0.29) is 46.2 Å². The number of urea groups is 1. The van der Waals surface area contributed by atoms with E-state index in [1.165, 1.54) is 27.8 Å². The standard InChI is InChI=1S/C20H25N5O4S.Na/c1-24(2)19(26)16-11-17(22-25(16)3)30(28,29)23-20(27)21-18-14-8-4-6-12(14)10-13-7-5-9-15(13)18;/h10-11H,4-9H2,1-3H3,(H2,21,23,27);. The van der Waals surface area contributed by atoms with E-state index in [2.05, 4.69) is 16.5 Å². The van der Waals surface area contributed by atoms with Gasteiger partial charge in [0.05, 0.1) is 0 Å². The molecule has 4 rings (SSSR count). The Morgan fingerprint density at radius 1 is 1.03 bits per heavy atom. The van der Waals surface area contributed by atoms with Crippen molar-refractivity contribution < 1.29 is 18.0 Å². The molecule has 2 aromatic rings. The van der Waals surface area contributed by atoms with Crippen molar-refractivity contribution in [3.8, 4) is 0 Å². The first-order chi connectivity index (χ1) is 14.2. The van der Waals surface area contributed by atoms with Crippen LogP contribution in [0.5, 0.6) is 0 Å². The first-order valence-electron chi connectivity index (χ1n) is 9.93. The molecule has 1 radical (unpaired) electrons. The van der Waals surface area contributed by atoms with Gasteiger partial charge in [-0.25, -0.2) is 9.52 Å². The molecule has 31 heavy (non-hydrogen) atoms. The number of amides is 3. The predicted octanol–water partition coefficient (Wildman–Crippen LogP) is 1.23. The van der Waals surface area contributed by atoms with Gasteiger partial charge in [0, 0.05) is 62.5 Å². The van der Waals surface area contributed by atoms with Gasteiger partial charge in [0.1, 0.15) is 5.69 Å². The maximum atomic E-state index is 12.7. The van der Waals surface area contributed by atoms with Crippen LogP contribution in [0.2, 0.25) is 0 Å². The maximum Gasteiger partial charge on any atom is 0.333 e. The molecule has 1 heterocycles. The normalized spacial score (nSPS) is 14.4. The smallest absolute Gasteiger partial charge is 0.333 e. The molecular weight excluding hydrogens is 429 g/mol. The summed E-state index contributed by atoms with van der Waals surface area (Å²) in [6, 6.07) is 2.58. The molecule has 1 aromatic heterocycles. The molecule has 9 nitrogen and oxygen atoms in total. The summed E-state index contributed by atoms with van der Waals surface area (Å²) in [5.74, 6) is -0.383. The first kappa shape index (κ1) is 23.8. The van der Waals surface area contributed by atoms with Gasteiger partial charge in [-0.1, -0.05) is 6.07 Å². The van der Waals surface area contributed by atoms with E-state index in [9.17, 15) is 18.0 Å². The zero-order chi connectivity index (χ0) is 21.6. The SMILES string of the molecule is CN(C)C(=O)c1cc(S(=O)(=O)NC(=O)Nc2c3c(cc4c2CCC4)CCC3)nn1C.[Na]. The Balaban J connectivity index is 0.00000272. The van der Waals surface area contributed by atoms with Crippen LogP contribution in [0.4, 0.5) is 10.5 Å². The molecule has 0 aliphatic heterocycles. The Bertz CT molecular complexity index is 1120. The van der Waals surface area contributed by atoms with Crippen molar-refractivity contribution in [3.63, 3.8) is 0 Å². The minimum atomic E-state index is -4.23. The van der Waals surface area contributed by atoms with Gasteiger partial charge in [-0.15, -0.1) is 0 Å². The molecular formula is C20H25N5NaO4S. The van der Waals surface area contributed by atoms with Crippen molar-refractivity contribution in [1.82, 2.24) is 19.4 Å². The van der Waals surface area contributed by atoms with Crippen LogP contribution < -0.4 is 10.0 Å².